The molecule has 4 nitrogen and oxygen atoms in total. The minimum absolute atomic E-state index is 0.0655. The molecule has 0 aliphatic carbocycles. The van der Waals surface area contributed by atoms with Gasteiger partial charge in [0.15, 0.2) is 0 Å². The number of carbonyl (C=O) groups is 1. The highest BCUT2D eigenvalue weighted by atomic mass is 32.2. The molecule has 1 heterocycles. The molecular weight excluding hydrogens is 284 g/mol. The number of hydrogen-bond acceptors (Lipinski definition) is 3. The van der Waals surface area contributed by atoms with E-state index in [1.807, 2.05) is 35.7 Å². The van der Waals surface area contributed by atoms with Gasteiger partial charge in [-0.25, -0.2) is 4.79 Å². The van der Waals surface area contributed by atoms with Crippen LogP contribution in [0.5, 0.6) is 5.75 Å². The Kier molecular flexibility index (Phi) is 6.23. The lowest BCUT2D eigenvalue weighted by molar-refractivity contribution is 0.198. The van der Waals surface area contributed by atoms with Crippen molar-refractivity contribution >= 4 is 17.8 Å². The van der Waals surface area contributed by atoms with Gasteiger partial charge in [-0.05, 0) is 49.6 Å². The number of benzene rings is 1. The van der Waals surface area contributed by atoms with Gasteiger partial charge in [0.05, 0.1) is 0 Å². The second-order valence-corrected chi connectivity index (χ2v) is 6.73. The van der Waals surface area contributed by atoms with Gasteiger partial charge in [-0.1, -0.05) is 12.1 Å². The number of amides is 2. The SMILES string of the molecule is CC(CCc1ccc(O)cc1)NC(=O)N1CCCSCC1. The molecule has 0 saturated carbocycles. The zero-order valence-corrected chi connectivity index (χ0v) is 13.4. The predicted molar refractivity (Wildman–Crippen MR) is 87.9 cm³/mol. The third kappa shape index (κ3) is 5.50. The number of phenolic OH excluding ortho intramolecular Hbond substituents is 1. The Bertz CT molecular complexity index is 442. The van der Waals surface area contributed by atoms with E-state index in [9.17, 15) is 9.90 Å². The first kappa shape index (κ1) is 16.0. The Morgan fingerprint density at radius 3 is 2.86 bits per heavy atom. The minimum Gasteiger partial charge on any atom is -0.508 e. The zero-order valence-electron chi connectivity index (χ0n) is 12.5. The first-order valence-corrected chi connectivity index (χ1v) is 8.72. The number of aryl methyl sites for hydroxylation is 1. The fraction of sp³-hybridized carbons (Fsp3) is 0.562. The Morgan fingerprint density at radius 2 is 2.10 bits per heavy atom. The molecule has 0 aromatic heterocycles. The highest BCUT2D eigenvalue weighted by Gasteiger charge is 2.17. The number of urea groups is 1. The molecule has 1 aromatic rings. The van der Waals surface area contributed by atoms with Crippen molar-refractivity contribution in [2.24, 2.45) is 0 Å². The van der Waals surface area contributed by atoms with Crippen molar-refractivity contribution in [1.82, 2.24) is 10.2 Å². The monoisotopic (exact) mass is 308 g/mol. The second-order valence-electron chi connectivity index (χ2n) is 5.51. The van der Waals surface area contributed by atoms with E-state index < -0.39 is 0 Å². The molecule has 1 aromatic carbocycles. The number of rotatable bonds is 4. The van der Waals surface area contributed by atoms with Gasteiger partial charge in [0, 0.05) is 24.9 Å². The van der Waals surface area contributed by atoms with E-state index in [1.165, 1.54) is 5.56 Å². The van der Waals surface area contributed by atoms with Crippen LogP contribution in [0.3, 0.4) is 0 Å². The lowest BCUT2D eigenvalue weighted by Gasteiger charge is -2.23. The Hall–Kier alpha value is -1.36. The summed E-state index contributed by atoms with van der Waals surface area (Å²) in [5, 5.41) is 12.3. The molecule has 1 saturated heterocycles. The number of thioether (sulfide) groups is 1. The molecule has 0 spiro atoms. The highest BCUT2D eigenvalue weighted by Crippen LogP contribution is 2.13. The average molecular weight is 308 g/mol. The number of aromatic hydroxyl groups is 1. The maximum Gasteiger partial charge on any atom is 0.317 e. The summed E-state index contributed by atoms with van der Waals surface area (Å²) >= 11 is 1.92. The van der Waals surface area contributed by atoms with E-state index >= 15 is 0 Å². The van der Waals surface area contributed by atoms with E-state index in [0.29, 0.717) is 5.75 Å². The van der Waals surface area contributed by atoms with E-state index in [2.05, 4.69) is 5.32 Å². The number of carbonyl (C=O) groups excluding carboxylic acids is 1. The molecule has 2 rings (SSSR count). The summed E-state index contributed by atoms with van der Waals surface area (Å²) < 4.78 is 0. The summed E-state index contributed by atoms with van der Waals surface area (Å²) in [5.41, 5.74) is 1.18. The van der Waals surface area contributed by atoms with Crippen LogP contribution in [-0.4, -0.2) is 46.7 Å². The summed E-state index contributed by atoms with van der Waals surface area (Å²) in [7, 11) is 0. The smallest absolute Gasteiger partial charge is 0.317 e. The van der Waals surface area contributed by atoms with Gasteiger partial charge < -0.3 is 15.3 Å². The molecule has 21 heavy (non-hydrogen) atoms. The van der Waals surface area contributed by atoms with E-state index in [4.69, 9.17) is 0 Å². The van der Waals surface area contributed by atoms with Crippen molar-refractivity contribution in [3.05, 3.63) is 29.8 Å². The first-order chi connectivity index (χ1) is 10.1. The van der Waals surface area contributed by atoms with Crippen LogP contribution in [0.1, 0.15) is 25.3 Å². The molecule has 0 bridgehead atoms. The van der Waals surface area contributed by atoms with Crippen molar-refractivity contribution in [2.45, 2.75) is 32.2 Å². The van der Waals surface area contributed by atoms with Gasteiger partial charge in [-0.2, -0.15) is 11.8 Å². The Balaban J connectivity index is 1.74. The molecule has 1 atom stereocenters. The second kappa shape index (κ2) is 8.17. The number of nitrogens with zero attached hydrogens (tertiary/aromatic N) is 1. The maximum absolute atomic E-state index is 12.2. The molecule has 1 aliphatic rings. The number of nitrogens with one attached hydrogen (secondary N) is 1. The lowest BCUT2D eigenvalue weighted by atomic mass is 10.1. The molecule has 2 N–H and O–H groups in total. The molecule has 1 fully saturated rings. The minimum atomic E-state index is 0.0655. The third-order valence-corrected chi connectivity index (χ3v) is 4.73. The van der Waals surface area contributed by atoms with E-state index in [-0.39, 0.29) is 12.1 Å². The molecule has 116 valence electrons. The normalized spacial score (nSPS) is 17.1. The average Bonchev–Trinajstić information content (AvgIpc) is 2.76. The van der Waals surface area contributed by atoms with Crippen molar-refractivity contribution in [3.8, 4) is 5.75 Å². The first-order valence-electron chi connectivity index (χ1n) is 7.56. The molecule has 5 heteroatoms. The Labute approximate surface area is 130 Å². The summed E-state index contributed by atoms with van der Waals surface area (Å²) in [6.07, 6.45) is 2.89. The summed E-state index contributed by atoms with van der Waals surface area (Å²) in [4.78, 5) is 14.1. The van der Waals surface area contributed by atoms with Crippen LogP contribution in [0.25, 0.3) is 0 Å². The molecule has 1 aliphatic heterocycles. The van der Waals surface area contributed by atoms with Gasteiger partial charge in [-0.15, -0.1) is 0 Å². The molecule has 1 unspecified atom stereocenters. The van der Waals surface area contributed by atoms with Crippen molar-refractivity contribution in [1.29, 1.82) is 0 Å². The largest absolute Gasteiger partial charge is 0.508 e. The van der Waals surface area contributed by atoms with Crippen LogP contribution in [0.15, 0.2) is 24.3 Å². The van der Waals surface area contributed by atoms with Crippen LogP contribution in [0.2, 0.25) is 0 Å². The lowest BCUT2D eigenvalue weighted by Crippen LogP contribution is -2.44. The molecule has 0 radical (unpaired) electrons. The van der Waals surface area contributed by atoms with Crippen molar-refractivity contribution in [3.63, 3.8) is 0 Å². The fourth-order valence-electron chi connectivity index (χ4n) is 2.37. The summed E-state index contributed by atoms with van der Waals surface area (Å²) in [5.74, 6) is 2.48. The van der Waals surface area contributed by atoms with Crippen molar-refractivity contribution in [2.75, 3.05) is 24.6 Å². The summed E-state index contributed by atoms with van der Waals surface area (Å²) in [6, 6.07) is 7.48. The summed E-state index contributed by atoms with van der Waals surface area (Å²) in [6.45, 7) is 3.76. The van der Waals surface area contributed by atoms with E-state index in [0.717, 1.165) is 43.9 Å². The van der Waals surface area contributed by atoms with Gasteiger partial charge in [0.1, 0.15) is 5.75 Å². The zero-order chi connectivity index (χ0) is 15.1. The fourth-order valence-corrected chi connectivity index (χ4v) is 3.26. The quantitative estimate of drug-likeness (QED) is 0.899. The maximum atomic E-state index is 12.2. The number of phenols is 1. The Morgan fingerprint density at radius 1 is 1.33 bits per heavy atom. The van der Waals surface area contributed by atoms with Crippen LogP contribution >= 0.6 is 11.8 Å². The van der Waals surface area contributed by atoms with Crippen LogP contribution < -0.4 is 5.32 Å². The molecule has 2 amide bonds. The van der Waals surface area contributed by atoms with Crippen molar-refractivity contribution < 1.29 is 9.90 Å². The van der Waals surface area contributed by atoms with Gasteiger partial charge in [0.25, 0.3) is 0 Å². The topological polar surface area (TPSA) is 52.6 Å². The van der Waals surface area contributed by atoms with Gasteiger partial charge in [0.2, 0.25) is 0 Å². The van der Waals surface area contributed by atoms with Gasteiger partial charge >= 0.3 is 6.03 Å². The van der Waals surface area contributed by atoms with Crippen LogP contribution in [-0.2, 0) is 6.42 Å². The highest BCUT2D eigenvalue weighted by molar-refractivity contribution is 7.99. The van der Waals surface area contributed by atoms with Crippen LogP contribution in [0, 0.1) is 0 Å². The third-order valence-electron chi connectivity index (χ3n) is 3.68. The van der Waals surface area contributed by atoms with Crippen LogP contribution in [0.4, 0.5) is 4.79 Å². The van der Waals surface area contributed by atoms with E-state index in [1.54, 1.807) is 12.1 Å². The van der Waals surface area contributed by atoms with Gasteiger partial charge in [-0.3, -0.25) is 0 Å². The number of hydrogen-bond donors (Lipinski definition) is 2. The molecular formula is C16H24N2O2S. The standard InChI is InChI=1S/C16H24N2O2S/c1-13(3-4-14-5-7-15(19)8-6-14)17-16(20)18-9-2-11-21-12-10-18/h5-8,13,19H,2-4,9-12H2,1H3,(H,17,20). The predicted octanol–water partition coefficient (Wildman–Crippen LogP) is 2.86.